The molecule has 0 atom stereocenters. The fourth-order valence-electron chi connectivity index (χ4n) is 4.28. The molecule has 1 aliphatic rings. The summed E-state index contributed by atoms with van der Waals surface area (Å²) < 4.78 is 2.32. The highest BCUT2D eigenvalue weighted by molar-refractivity contribution is 5.97. The summed E-state index contributed by atoms with van der Waals surface area (Å²) in [6.07, 6.45) is 5.33. The summed E-state index contributed by atoms with van der Waals surface area (Å²) in [7, 11) is 0. The molecule has 1 saturated heterocycles. The van der Waals surface area contributed by atoms with Gasteiger partial charge in [-0.05, 0) is 56.0 Å². The van der Waals surface area contributed by atoms with Gasteiger partial charge in [-0.25, -0.2) is 4.98 Å². The molecule has 29 heavy (non-hydrogen) atoms. The number of piperidine rings is 1. The fraction of sp³-hybridized carbons (Fsp3) is 0.304. The van der Waals surface area contributed by atoms with Gasteiger partial charge in [-0.2, -0.15) is 0 Å². The molecule has 2 aromatic heterocycles. The number of carbonyl (C=O) groups excluding carboxylic acids is 1. The maximum absolute atomic E-state index is 13.0. The molecule has 1 amide bonds. The van der Waals surface area contributed by atoms with Crippen molar-refractivity contribution < 1.29 is 4.79 Å². The van der Waals surface area contributed by atoms with Crippen molar-refractivity contribution in [1.82, 2.24) is 24.4 Å². The first-order chi connectivity index (χ1) is 14.2. The maximum Gasteiger partial charge on any atom is 0.253 e. The van der Waals surface area contributed by atoms with Gasteiger partial charge in [0.05, 0.1) is 22.1 Å². The van der Waals surface area contributed by atoms with E-state index in [0.29, 0.717) is 11.5 Å². The van der Waals surface area contributed by atoms with Crippen molar-refractivity contribution in [3.8, 4) is 0 Å². The van der Waals surface area contributed by atoms with Crippen LogP contribution in [0.3, 0.4) is 0 Å². The molecule has 0 spiro atoms. The molecule has 0 radical (unpaired) electrons. The van der Waals surface area contributed by atoms with Gasteiger partial charge >= 0.3 is 0 Å². The fourth-order valence-corrected chi connectivity index (χ4v) is 4.28. The van der Waals surface area contributed by atoms with E-state index in [1.807, 2.05) is 29.2 Å². The zero-order chi connectivity index (χ0) is 19.8. The average Bonchev–Trinajstić information content (AvgIpc) is 3.08. The number of hydrogen-bond acceptors (Lipinski definition) is 4. The minimum absolute atomic E-state index is 0.0836. The standard InChI is InChI=1S/C23H23N5O/c1-16-26-20-4-2-3-5-22(20)28(16)15-17-8-12-27(13-9-17)23(29)18-6-7-19-21(14-18)25-11-10-24-19/h2-7,10-11,14,17H,8-9,12-13,15H2,1H3. The minimum Gasteiger partial charge on any atom is -0.339 e. The summed E-state index contributed by atoms with van der Waals surface area (Å²) in [5, 5.41) is 0. The Balaban J connectivity index is 1.27. The Morgan fingerprint density at radius 2 is 1.76 bits per heavy atom. The number of likely N-dealkylation sites (tertiary alicyclic amines) is 1. The van der Waals surface area contributed by atoms with Gasteiger partial charge in [0.25, 0.3) is 5.91 Å². The first-order valence-electron chi connectivity index (χ1n) is 10.1. The number of aromatic nitrogens is 4. The lowest BCUT2D eigenvalue weighted by molar-refractivity contribution is 0.0683. The number of rotatable bonds is 3. The second-order valence-corrected chi connectivity index (χ2v) is 7.75. The maximum atomic E-state index is 13.0. The third-order valence-corrected chi connectivity index (χ3v) is 5.90. The molecule has 0 unspecified atom stereocenters. The van der Waals surface area contributed by atoms with Gasteiger partial charge in [-0.15, -0.1) is 0 Å². The summed E-state index contributed by atoms with van der Waals surface area (Å²) >= 11 is 0. The van der Waals surface area contributed by atoms with Crippen LogP contribution in [0.15, 0.2) is 54.9 Å². The van der Waals surface area contributed by atoms with E-state index in [2.05, 4.69) is 44.6 Å². The van der Waals surface area contributed by atoms with Crippen LogP contribution in [-0.2, 0) is 6.54 Å². The van der Waals surface area contributed by atoms with Gasteiger partial charge in [0.1, 0.15) is 5.82 Å². The number of benzene rings is 2. The van der Waals surface area contributed by atoms with Crippen molar-refractivity contribution in [3.63, 3.8) is 0 Å². The Bertz CT molecular complexity index is 1190. The number of hydrogen-bond donors (Lipinski definition) is 0. The van der Waals surface area contributed by atoms with Crippen molar-refractivity contribution in [3.05, 3.63) is 66.2 Å². The van der Waals surface area contributed by atoms with Crippen molar-refractivity contribution in [2.45, 2.75) is 26.3 Å². The molecular weight excluding hydrogens is 362 g/mol. The lowest BCUT2D eigenvalue weighted by atomic mass is 9.96. The summed E-state index contributed by atoms with van der Waals surface area (Å²) in [6, 6.07) is 13.9. The van der Waals surface area contributed by atoms with E-state index in [0.717, 1.165) is 54.9 Å². The van der Waals surface area contributed by atoms with Gasteiger partial charge < -0.3 is 9.47 Å². The second-order valence-electron chi connectivity index (χ2n) is 7.75. The predicted molar refractivity (Wildman–Crippen MR) is 113 cm³/mol. The summed E-state index contributed by atoms with van der Waals surface area (Å²) in [4.78, 5) is 28.2. The molecule has 0 saturated carbocycles. The lowest BCUT2D eigenvalue weighted by Crippen LogP contribution is -2.39. The summed E-state index contributed by atoms with van der Waals surface area (Å²) in [5.74, 6) is 1.69. The molecular formula is C23H23N5O. The largest absolute Gasteiger partial charge is 0.339 e. The Morgan fingerprint density at radius 1 is 1.00 bits per heavy atom. The van der Waals surface area contributed by atoms with Gasteiger partial charge in [-0.3, -0.25) is 14.8 Å². The third-order valence-electron chi connectivity index (χ3n) is 5.90. The Kier molecular flexibility index (Phi) is 4.46. The van der Waals surface area contributed by atoms with Crippen LogP contribution in [0.25, 0.3) is 22.1 Å². The highest BCUT2D eigenvalue weighted by Gasteiger charge is 2.25. The van der Waals surface area contributed by atoms with Gasteiger partial charge in [0, 0.05) is 37.6 Å². The van der Waals surface area contributed by atoms with Crippen molar-refractivity contribution in [1.29, 1.82) is 0 Å². The van der Waals surface area contributed by atoms with E-state index in [4.69, 9.17) is 0 Å². The highest BCUT2D eigenvalue weighted by Crippen LogP contribution is 2.24. The lowest BCUT2D eigenvalue weighted by Gasteiger charge is -2.32. The number of carbonyl (C=O) groups is 1. The number of nitrogens with zero attached hydrogens (tertiary/aromatic N) is 5. The van der Waals surface area contributed by atoms with Crippen LogP contribution in [0.2, 0.25) is 0 Å². The molecule has 146 valence electrons. The van der Waals surface area contributed by atoms with Crippen LogP contribution in [0, 0.1) is 12.8 Å². The van der Waals surface area contributed by atoms with E-state index < -0.39 is 0 Å². The Hall–Kier alpha value is -3.28. The first kappa shape index (κ1) is 17.8. The number of imidazole rings is 1. The SMILES string of the molecule is Cc1nc2ccccc2n1CC1CCN(C(=O)c2ccc3nccnc3c2)CC1. The number of para-hydroxylation sites is 2. The van der Waals surface area contributed by atoms with E-state index in [9.17, 15) is 4.79 Å². The molecule has 0 N–H and O–H groups in total. The Morgan fingerprint density at radius 3 is 2.59 bits per heavy atom. The normalized spacial score (nSPS) is 15.3. The van der Waals surface area contributed by atoms with Crippen LogP contribution >= 0.6 is 0 Å². The van der Waals surface area contributed by atoms with Gasteiger partial charge in [0.15, 0.2) is 0 Å². The third kappa shape index (κ3) is 3.35. The zero-order valence-corrected chi connectivity index (χ0v) is 16.5. The van der Waals surface area contributed by atoms with E-state index in [1.54, 1.807) is 12.4 Å². The monoisotopic (exact) mass is 385 g/mol. The van der Waals surface area contributed by atoms with Crippen LogP contribution in [0.1, 0.15) is 29.0 Å². The quantitative estimate of drug-likeness (QED) is 0.537. The summed E-state index contributed by atoms with van der Waals surface area (Å²) in [6.45, 7) is 4.60. The van der Waals surface area contributed by atoms with Crippen molar-refractivity contribution in [2.75, 3.05) is 13.1 Å². The number of amides is 1. The molecule has 4 aromatic rings. The predicted octanol–water partition coefficient (Wildman–Crippen LogP) is 3.84. The van der Waals surface area contributed by atoms with Crippen LogP contribution in [0.4, 0.5) is 0 Å². The summed E-state index contributed by atoms with van der Waals surface area (Å²) in [5.41, 5.74) is 4.51. The van der Waals surface area contributed by atoms with Crippen LogP contribution in [0.5, 0.6) is 0 Å². The average molecular weight is 385 g/mol. The molecule has 5 rings (SSSR count). The molecule has 0 aliphatic carbocycles. The number of fused-ring (bicyclic) bond motifs is 2. The molecule has 6 heteroatoms. The minimum atomic E-state index is 0.0836. The number of aryl methyl sites for hydroxylation is 1. The smallest absolute Gasteiger partial charge is 0.253 e. The van der Waals surface area contributed by atoms with E-state index in [1.165, 1.54) is 5.52 Å². The van der Waals surface area contributed by atoms with Gasteiger partial charge in [-0.1, -0.05) is 12.1 Å². The van der Waals surface area contributed by atoms with Crippen molar-refractivity contribution in [2.24, 2.45) is 5.92 Å². The second kappa shape index (κ2) is 7.28. The molecule has 2 aromatic carbocycles. The van der Waals surface area contributed by atoms with Crippen molar-refractivity contribution >= 4 is 28.0 Å². The molecule has 0 bridgehead atoms. The highest BCUT2D eigenvalue weighted by atomic mass is 16.2. The topological polar surface area (TPSA) is 63.9 Å². The van der Waals surface area contributed by atoms with Crippen LogP contribution in [-0.4, -0.2) is 43.4 Å². The molecule has 1 fully saturated rings. The molecule has 1 aliphatic heterocycles. The molecule has 3 heterocycles. The molecule has 6 nitrogen and oxygen atoms in total. The Labute approximate surface area is 169 Å². The zero-order valence-electron chi connectivity index (χ0n) is 16.5. The van der Waals surface area contributed by atoms with Gasteiger partial charge in [0.2, 0.25) is 0 Å². The van der Waals surface area contributed by atoms with Crippen LogP contribution < -0.4 is 0 Å². The first-order valence-corrected chi connectivity index (χ1v) is 10.1. The van der Waals surface area contributed by atoms with E-state index in [-0.39, 0.29) is 5.91 Å². The van der Waals surface area contributed by atoms with E-state index >= 15 is 0 Å².